The molecule has 1 saturated carbocycles. The van der Waals surface area contributed by atoms with E-state index in [1.807, 2.05) is 74.5 Å². The van der Waals surface area contributed by atoms with Crippen LogP contribution in [0.3, 0.4) is 0 Å². The molecular formula is C21H24N2O3. The fourth-order valence-corrected chi connectivity index (χ4v) is 2.93. The summed E-state index contributed by atoms with van der Waals surface area (Å²) in [5.74, 6) is -0.393. The van der Waals surface area contributed by atoms with E-state index in [1.54, 1.807) is 0 Å². The number of carbonyl (C=O) groups is 2. The van der Waals surface area contributed by atoms with Crippen LogP contribution in [0, 0.1) is 5.92 Å². The molecule has 0 saturated heterocycles. The van der Waals surface area contributed by atoms with E-state index in [-0.39, 0.29) is 17.9 Å². The van der Waals surface area contributed by atoms with Crippen molar-refractivity contribution >= 4 is 17.7 Å². The molecule has 2 unspecified atom stereocenters. The number of nitrogens with one attached hydrogen (secondary N) is 2. The number of ether oxygens (including phenoxy) is 1. The summed E-state index contributed by atoms with van der Waals surface area (Å²) in [6.45, 7) is 3.90. The Hall–Kier alpha value is -2.82. The molecule has 1 aliphatic rings. The van der Waals surface area contributed by atoms with E-state index in [0.717, 1.165) is 11.3 Å². The van der Waals surface area contributed by atoms with Gasteiger partial charge >= 0.3 is 6.09 Å². The average molecular weight is 352 g/mol. The van der Waals surface area contributed by atoms with Crippen molar-refractivity contribution in [2.45, 2.75) is 38.3 Å². The highest BCUT2D eigenvalue weighted by Gasteiger charge is 2.46. The lowest BCUT2D eigenvalue weighted by Crippen LogP contribution is -2.45. The first kappa shape index (κ1) is 18.0. The van der Waals surface area contributed by atoms with Crippen molar-refractivity contribution in [3.8, 4) is 0 Å². The summed E-state index contributed by atoms with van der Waals surface area (Å²) in [5, 5.41) is 5.73. The standard InChI is InChI=1S/C21H24N2O3/c1-21(2,14-15-9-5-3-6-10-15)23-20(25)26-18-13-17(18)19(24)22-16-11-7-4-8-12-16/h3-12,17-18H,13-14H2,1-2H3,(H,22,24)(H,23,25). The Morgan fingerprint density at radius 2 is 1.65 bits per heavy atom. The summed E-state index contributed by atoms with van der Waals surface area (Å²) < 4.78 is 5.40. The largest absolute Gasteiger partial charge is 0.445 e. The lowest BCUT2D eigenvalue weighted by molar-refractivity contribution is -0.117. The number of hydrogen-bond donors (Lipinski definition) is 2. The predicted molar refractivity (Wildman–Crippen MR) is 101 cm³/mol. The van der Waals surface area contributed by atoms with Gasteiger partial charge in [-0.2, -0.15) is 0 Å². The minimum atomic E-state index is -0.481. The summed E-state index contributed by atoms with van der Waals surface area (Å²) in [7, 11) is 0. The number of benzene rings is 2. The Morgan fingerprint density at radius 3 is 2.31 bits per heavy atom. The zero-order chi connectivity index (χ0) is 18.6. The molecule has 2 atom stereocenters. The smallest absolute Gasteiger partial charge is 0.407 e. The predicted octanol–water partition coefficient (Wildman–Crippen LogP) is 3.76. The molecule has 1 aliphatic carbocycles. The summed E-state index contributed by atoms with van der Waals surface area (Å²) >= 11 is 0. The summed E-state index contributed by atoms with van der Waals surface area (Å²) in [6, 6.07) is 19.2. The second-order valence-corrected chi connectivity index (χ2v) is 7.31. The normalized spacial score (nSPS) is 18.7. The number of carbonyl (C=O) groups excluding carboxylic acids is 2. The Bertz CT molecular complexity index is 759. The highest BCUT2D eigenvalue weighted by molar-refractivity contribution is 5.95. The molecule has 0 heterocycles. The number of amides is 2. The second-order valence-electron chi connectivity index (χ2n) is 7.31. The quantitative estimate of drug-likeness (QED) is 0.832. The summed E-state index contributed by atoms with van der Waals surface area (Å²) in [5.41, 5.74) is 1.45. The Morgan fingerprint density at radius 1 is 1.04 bits per heavy atom. The van der Waals surface area contributed by atoms with E-state index in [9.17, 15) is 9.59 Å². The van der Waals surface area contributed by atoms with Crippen LogP contribution in [-0.2, 0) is 16.0 Å². The van der Waals surface area contributed by atoms with Gasteiger partial charge in [-0.1, -0.05) is 48.5 Å². The molecule has 0 bridgehead atoms. The molecule has 26 heavy (non-hydrogen) atoms. The minimum absolute atomic E-state index is 0.113. The molecule has 0 aromatic heterocycles. The minimum Gasteiger partial charge on any atom is -0.445 e. The molecule has 2 aromatic rings. The lowest BCUT2D eigenvalue weighted by Gasteiger charge is -2.26. The van der Waals surface area contributed by atoms with Gasteiger partial charge in [0.25, 0.3) is 0 Å². The van der Waals surface area contributed by atoms with Crippen molar-refractivity contribution in [3.63, 3.8) is 0 Å². The molecule has 0 aliphatic heterocycles. The zero-order valence-electron chi connectivity index (χ0n) is 15.1. The van der Waals surface area contributed by atoms with Crippen LogP contribution in [0.5, 0.6) is 0 Å². The van der Waals surface area contributed by atoms with E-state index in [0.29, 0.717) is 12.8 Å². The van der Waals surface area contributed by atoms with Gasteiger partial charge in [0.15, 0.2) is 0 Å². The van der Waals surface area contributed by atoms with Crippen LogP contribution < -0.4 is 10.6 Å². The van der Waals surface area contributed by atoms with Gasteiger partial charge < -0.3 is 15.4 Å². The Balaban J connectivity index is 1.45. The van der Waals surface area contributed by atoms with Gasteiger partial charge in [0, 0.05) is 17.6 Å². The second kappa shape index (κ2) is 7.60. The highest BCUT2D eigenvalue weighted by Crippen LogP contribution is 2.35. The SMILES string of the molecule is CC(C)(Cc1ccccc1)NC(=O)OC1CC1C(=O)Nc1ccccc1. The molecule has 2 N–H and O–H groups in total. The van der Waals surface area contributed by atoms with Crippen LogP contribution in [-0.4, -0.2) is 23.6 Å². The van der Waals surface area contributed by atoms with E-state index in [1.165, 1.54) is 0 Å². The topological polar surface area (TPSA) is 67.4 Å². The van der Waals surface area contributed by atoms with Gasteiger partial charge in [-0.25, -0.2) is 4.79 Å². The van der Waals surface area contributed by atoms with Gasteiger partial charge in [0.05, 0.1) is 5.92 Å². The van der Waals surface area contributed by atoms with Crippen molar-refractivity contribution in [2.24, 2.45) is 5.92 Å². The first-order valence-electron chi connectivity index (χ1n) is 8.82. The fourth-order valence-electron chi connectivity index (χ4n) is 2.93. The maximum Gasteiger partial charge on any atom is 0.407 e. The first-order valence-corrected chi connectivity index (χ1v) is 8.82. The highest BCUT2D eigenvalue weighted by atomic mass is 16.6. The van der Waals surface area contributed by atoms with Crippen LogP contribution in [0.4, 0.5) is 10.5 Å². The van der Waals surface area contributed by atoms with Crippen molar-refractivity contribution in [1.29, 1.82) is 0 Å². The molecule has 2 amide bonds. The zero-order valence-corrected chi connectivity index (χ0v) is 15.1. The summed E-state index contributed by atoms with van der Waals surface area (Å²) in [4.78, 5) is 24.3. The van der Waals surface area contributed by atoms with Gasteiger partial charge in [0.1, 0.15) is 6.10 Å². The summed E-state index contributed by atoms with van der Waals surface area (Å²) in [6.07, 6.45) is 0.425. The van der Waals surface area contributed by atoms with Gasteiger partial charge in [0.2, 0.25) is 5.91 Å². The molecule has 3 rings (SSSR count). The van der Waals surface area contributed by atoms with Crippen molar-refractivity contribution in [2.75, 3.05) is 5.32 Å². The van der Waals surface area contributed by atoms with Crippen molar-refractivity contribution in [3.05, 3.63) is 66.2 Å². The third-order valence-electron chi connectivity index (χ3n) is 4.30. The average Bonchev–Trinajstić information content (AvgIpc) is 3.34. The van der Waals surface area contributed by atoms with Crippen LogP contribution in [0.2, 0.25) is 0 Å². The van der Waals surface area contributed by atoms with E-state index in [4.69, 9.17) is 4.74 Å². The van der Waals surface area contributed by atoms with E-state index < -0.39 is 11.6 Å². The van der Waals surface area contributed by atoms with E-state index in [2.05, 4.69) is 10.6 Å². The monoisotopic (exact) mass is 352 g/mol. The van der Waals surface area contributed by atoms with E-state index >= 15 is 0 Å². The fraction of sp³-hybridized carbons (Fsp3) is 0.333. The van der Waals surface area contributed by atoms with Gasteiger partial charge in [-0.3, -0.25) is 4.79 Å². The third kappa shape index (κ3) is 5.09. The molecule has 1 fully saturated rings. The van der Waals surface area contributed by atoms with Gasteiger partial charge in [-0.05, 0) is 38.0 Å². The maximum atomic E-state index is 12.2. The van der Waals surface area contributed by atoms with Crippen molar-refractivity contribution < 1.29 is 14.3 Å². The number of rotatable bonds is 6. The first-order chi connectivity index (χ1) is 12.4. The number of anilines is 1. The Labute approximate surface area is 153 Å². The molecule has 5 heteroatoms. The molecule has 2 aromatic carbocycles. The Kier molecular flexibility index (Phi) is 5.26. The molecule has 0 spiro atoms. The van der Waals surface area contributed by atoms with Crippen LogP contribution in [0.15, 0.2) is 60.7 Å². The van der Waals surface area contributed by atoms with Crippen LogP contribution in [0.1, 0.15) is 25.8 Å². The van der Waals surface area contributed by atoms with Crippen molar-refractivity contribution in [1.82, 2.24) is 5.32 Å². The number of alkyl carbamates (subject to hydrolysis) is 1. The number of para-hydroxylation sites is 1. The lowest BCUT2D eigenvalue weighted by atomic mass is 9.95. The van der Waals surface area contributed by atoms with Crippen LogP contribution >= 0.6 is 0 Å². The number of hydrogen-bond acceptors (Lipinski definition) is 3. The molecule has 136 valence electrons. The third-order valence-corrected chi connectivity index (χ3v) is 4.30. The van der Waals surface area contributed by atoms with Crippen LogP contribution in [0.25, 0.3) is 0 Å². The maximum absolute atomic E-state index is 12.2. The molecule has 0 radical (unpaired) electrons. The van der Waals surface area contributed by atoms with Gasteiger partial charge in [-0.15, -0.1) is 0 Å². The molecule has 5 nitrogen and oxygen atoms in total. The molecular weight excluding hydrogens is 328 g/mol.